The molecule has 0 aromatic heterocycles. The molecular formula is C19H31NO2. The summed E-state index contributed by atoms with van der Waals surface area (Å²) in [6.45, 7) is 8.53. The van der Waals surface area contributed by atoms with Crippen LogP contribution in [0, 0.1) is 5.92 Å². The van der Waals surface area contributed by atoms with Gasteiger partial charge in [0.25, 0.3) is 0 Å². The van der Waals surface area contributed by atoms with Crippen molar-refractivity contribution in [2.75, 3.05) is 26.2 Å². The first-order valence-corrected chi connectivity index (χ1v) is 8.78. The van der Waals surface area contributed by atoms with Crippen molar-refractivity contribution in [3.63, 3.8) is 0 Å². The third kappa shape index (κ3) is 5.98. The van der Waals surface area contributed by atoms with Crippen LogP contribution in [0.2, 0.25) is 0 Å². The first kappa shape index (κ1) is 17.3. The Labute approximate surface area is 135 Å². The molecule has 2 rings (SSSR count). The summed E-state index contributed by atoms with van der Waals surface area (Å²) in [5.41, 5.74) is 0.994. The van der Waals surface area contributed by atoms with Gasteiger partial charge in [-0.15, -0.1) is 0 Å². The van der Waals surface area contributed by atoms with E-state index in [-0.39, 0.29) is 6.10 Å². The number of likely N-dealkylation sites (tertiary alicyclic amines) is 1. The van der Waals surface area contributed by atoms with Crippen LogP contribution in [0.3, 0.4) is 0 Å². The van der Waals surface area contributed by atoms with E-state index >= 15 is 0 Å². The van der Waals surface area contributed by atoms with Crippen molar-refractivity contribution in [1.29, 1.82) is 0 Å². The smallest absolute Gasteiger partial charge is 0.119 e. The van der Waals surface area contributed by atoms with Crippen molar-refractivity contribution in [1.82, 2.24) is 4.90 Å². The Morgan fingerprint density at radius 3 is 2.36 bits per heavy atom. The second-order valence-corrected chi connectivity index (χ2v) is 6.81. The third-order valence-corrected chi connectivity index (χ3v) is 4.40. The van der Waals surface area contributed by atoms with Gasteiger partial charge in [-0.1, -0.05) is 32.4 Å². The van der Waals surface area contributed by atoms with Crippen molar-refractivity contribution in [2.24, 2.45) is 5.92 Å². The highest BCUT2D eigenvalue weighted by Crippen LogP contribution is 2.21. The van der Waals surface area contributed by atoms with Gasteiger partial charge in [-0.2, -0.15) is 0 Å². The lowest BCUT2D eigenvalue weighted by atomic mass is 10.1. The van der Waals surface area contributed by atoms with E-state index in [9.17, 15) is 5.11 Å². The van der Waals surface area contributed by atoms with Crippen molar-refractivity contribution >= 4 is 0 Å². The Morgan fingerprint density at radius 1 is 1.05 bits per heavy atom. The van der Waals surface area contributed by atoms with Crippen LogP contribution in [-0.2, 0) is 0 Å². The summed E-state index contributed by atoms with van der Waals surface area (Å²) < 4.78 is 5.72. The van der Waals surface area contributed by atoms with Crippen LogP contribution in [0.4, 0.5) is 0 Å². The molecule has 0 aliphatic carbocycles. The maximum absolute atomic E-state index is 10.3. The molecule has 1 heterocycles. The largest absolute Gasteiger partial charge is 0.494 e. The molecule has 1 aliphatic rings. The predicted octanol–water partition coefficient (Wildman–Crippen LogP) is 4.02. The van der Waals surface area contributed by atoms with Crippen LogP contribution in [0.5, 0.6) is 5.75 Å². The van der Waals surface area contributed by atoms with Gasteiger partial charge in [0.1, 0.15) is 5.75 Å². The number of aliphatic hydroxyl groups excluding tert-OH is 1. The number of piperidine rings is 1. The molecule has 3 nitrogen and oxygen atoms in total. The van der Waals surface area contributed by atoms with E-state index in [1.807, 2.05) is 24.3 Å². The predicted molar refractivity (Wildman–Crippen MR) is 91.3 cm³/mol. The normalized spacial score (nSPS) is 17.6. The number of ether oxygens (including phenoxy) is 1. The zero-order valence-corrected chi connectivity index (χ0v) is 14.1. The molecule has 1 N–H and O–H groups in total. The summed E-state index contributed by atoms with van der Waals surface area (Å²) in [4.78, 5) is 2.47. The second-order valence-electron chi connectivity index (χ2n) is 6.81. The quantitative estimate of drug-likeness (QED) is 0.787. The van der Waals surface area contributed by atoms with E-state index in [0.29, 0.717) is 5.92 Å². The van der Waals surface area contributed by atoms with Gasteiger partial charge < -0.3 is 14.7 Å². The summed E-state index contributed by atoms with van der Waals surface area (Å²) in [6.07, 6.45) is 5.48. The molecule has 1 aromatic rings. The zero-order chi connectivity index (χ0) is 15.8. The Bertz CT molecular complexity index is 410. The lowest BCUT2D eigenvalue weighted by molar-refractivity contribution is 0.134. The Hall–Kier alpha value is -1.06. The van der Waals surface area contributed by atoms with Gasteiger partial charge in [0.2, 0.25) is 0 Å². The minimum absolute atomic E-state index is 0.369. The lowest BCUT2D eigenvalue weighted by Gasteiger charge is -2.27. The molecule has 1 aliphatic heterocycles. The molecule has 22 heavy (non-hydrogen) atoms. The van der Waals surface area contributed by atoms with Crippen LogP contribution in [-0.4, -0.2) is 36.2 Å². The summed E-state index contributed by atoms with van der Waals surface area (Å²) in [5.74, 6) is 1.56. The molecule has 1 fully saturated rings. The van der Waals surface area contributed by atoms with E-state index in [2.05, 4.69) is 18.7 Å². The number of rotatable bonds is 8. The minimum atomic E-state index is -0.369. The topological polar surface area (TPSA) is 32.7 Å². The maximum atomic E-state index is 10.3. The molecule has 1 unspecified atom stereocenters. The second kappa shape index (κ2) is 9.16. The maximum Gasteiger partial charge on any atom is 0.119 e. The van der Waals surface area contributed by atoms with Gasteiger partial charge in [0.15, 0.2) is 0 Å². The van der Waals surface area contributed by atoms with Gasteiger partial charge in [0.05, 0.1) is 12.7 Å². The van der Waals surface area contributed by atoms with E-state index in [0.717, 1.165) is 37.3 Å². The van der Waals surface area contributed by atoms with Crippen LogP contribution in [0.15, 0.2) is 24.3 Å². The number of benzene rings is 1. The van der Waals surface area contributed by atoms with Crippen LogP contribution in [0.1, 0.15) is 57.6 Å². The molecule has 1 saturated heterocycles. The Morgan fingerprint density at radius 2 is 1.73 bits per heavy atom. The molecule has 0 amide bonds. The SMILES string of the molecule is CC(C)CCOc1ccc(C(O)CCN2CCCCC2)cc1. The first-order valence-electron chi connectivity index (χ1n) is 8.78. The Balaban J connectivity index is 1.73. The van der Waals surface area contributed by atoms with Crippen molar-refractivity contribution in [3.8, 4) is 5.75 Å². The Kier molecular flexibility index (Phi) is 7.20. The summed E-state index contributed by atoms with van der Waals surface area (Å²) >= 11 is 0. The van der Waals surface area contributed by atoms with Gasteiger partial charge in [-0.25, -0.2) is 0 Å². The van der Waals surface area contributed by atoms with E-state index in [1.54, 1.807) is 0 Å². The van der Waals surface area contributed by atoms with Crippen LogP contribution >= 0.6 is 0 Å². The van der Waals surface area contributed by atoms with Crippen molar-refractivity contribution < 1.29 is 9.84 Å². The number of hydrogen-bond donors (Lipinski definition) is 1. The number of aliphatic hydroxyl groups is 1. The summed E-state index contributed by atoms with van der Waals surface area (Å²) in [6, 6.07) is 7.93. The molecule has 0 spiro atoms. The van der Waals surface area contributed by atoms with Crippen LogP contribution < -0.4 is 4.74 Å². The third-order valence-electron chi connectivity index (χ3n) is 4.40. The van der Waals surface area contributed by atoms with Crippen molar-refractivity contribution in [3.05, 3.63) is 29.8 Å². The molecule has 1 atom stereocenters. The monoisotopic (exact) mass is 305 g/mol. The zero-order valence-electron chi connectivity index (χ0n) is 14.1. The fraction of sp³-hybridized carbons (Fsp3) is 0.684. The molecule has 0 saturated carbocycles. The van der Waals surface area contributed by atoms with Gasteiger partial charge in [-0.05, 0) is 62.4 Å². The fourth-order valence-electron chi connectivity index (χ4n) is 2.85. The highest BCUT2D eigenvalue weighted by molar-refractivity contribution is 5.28. The standard InChI is InChI=1S/C19H31NO2/c1-16(2)11-15-22-18-8-6-17(7-9-18)19(21)10-14-20-12-4-3-5-13-20/h6-9,16,19,21H,3-5,10-15H2,1-2H3. The summed E-state index contributed by atoms with van der Waals surface area (Å²) in [5, 5.41) is 10.3. The fourth-order valence-corrected chi connectivity index (χ4v) is 2.85. The molecule has 3 heteroatoms. The number of hydrogen-bond acceptors (Lipinski definition) is 3. The van der Waals surface area contributed by atoms with Gasteiger partial charge in [-0.3, -0.25) is 0 Å². The minimum Gasteiger partial charge on any atom is -0.494 e. The van der Waals surface area contributed by atoms with E-state index in [1.165, 1.54) is 32.4 Å². The summed E-state index contributed by atoms with van der Waals surface area (Å²) in [7, 11) is 0. The van der Waals surface area contributed by atoms with Crippen LogP contribution in [0.25, 0.3) is 0 Å². The van der Waals surface area contributed by atoms with Gasteiger partial charge in [0, 0.05) is 6.54 Å². The molecular weight excluding hydrogens is 274 g/mol. The number of nitrogens with zero attached hydrogens (tertiary/aromatic N) is 1. The highest BCUT2D eigenvalue weighted by Gasteiger charge is 2.13. The first-order chi connectivity index (χ1) is 10.6. The van der Waals surface area contributed by atoms with Gasteiger partial charge >= 0.3 is 0 Å². The van der Waals surface area contributed by atoms with E-state index < -0.39 is 0 Å². The molecule has 124 valence electrons. The average Bonchev–Trinajstić information content (AvgIpc) is 2.54. The highest BCUT2D eigenvalue weighted by atomic mass is 16.5. The molecule has 0 bridgehead atoms. The van der Waals surface area contributed by atoms with Crippen molar-refractivity contribution in [2.45, 2.75) is 52.1 Å². The average molecular weight is 305 g/mol. The lowest BCUT2D eigenvalue weighted by Crippen LogP contribution is -2.31. The van der Waals surface area contributed by atoms with E-state index in [4.69, 9.17) is 4.74 Å². The molecule has 0 radical (unpaired) electrons. The molecule has 1 aromatic carbocycles.